The maximum absolute atomic E-state index is 11.9. The van der Waals surface area contributed by atoms with Crippen LogP contribution in [0.3, 0.4) is 0 Å². The lowest BCUT2D eigenvalue weighted by Gasteiger charge is -2.32. The summed E-state index contributed by atoms with van der Waals surface area (Å²) in [6.45, 7) is 5.58. The van der Waals surface area contributed by atoms with Gasteiger partial charge in [-0.2, -0.15) is 0 Å². The maximum Gasteiger partial charge on any atom is 0.153 e. The fraction of sp³-hybridized carbons (Fsp3) is 0.533. The van der Waals surface area contributed by atoms with Gasteiger partial charge in [-0.15, -0.1) is 0 Å². The summed E-state index contributed by atoms with van der Waals surface area (Å²) < 4.78 is 0. The van der Waals surface area contributed by atoms with Gasteiger partial charge in [-0.05, 0) is 31.3 Å². The molecule has 2 rings (SSSR count). The Kier molecular flexibility index (Phi) is 5.38. The third kappa shape index (κ3) is 4.83. The molecule has 3 N–H and O–H groups in total. The molecule has 5 nitrogen and oxygen atoms in total. The zero-order chi connectivity index (χ0) is 14.4. The van der Waals surface area contributed by atoms with Crippen LogP contribution in [0.15, 0.2) is 24.3 Å². The van der Waals surface area contributed by atoms with E-state index in [1.165, 1.54) is 0 Å². The Hall–Kier alpha value is -1.59. The molecule has 1 fully saturated rings. The van der Waals surface area contributed by atoms with E-state index >= 15 is 0 Å². The molecule has 0 amide bonds. The van der Waals surface area contributed by atoms with E-state index in [1.807, 2.05) is 24.3 Å². The Morgan fingerprint density at radius 3 is 2.50 bits per heavy atom. The number of piperazine rings is 1. The monoisotopic (exact) mass is 276 g/mol. The number of hydrogen-bond donors (Lipinski definition) is 2. The molecule has 0 spiro atoms. The average Bonchev–Trinajstić information content (AvgIpc) is 2.46. The lowest BCUT2D eigenvalue weighted by atomic mass is 10.2. The van der Waals surface area contributed by atoms with Crippen LogP contribution in [0.1, 0.15) is 6.42 Å². The van der Waals surface area contributed by atoms with Gasteiger partial charge < -0.3 is 20.9 Å². The number of nitrogens with two attached hydrogens (primary N) is 1. The van der Waals surface area contributed by atoms with Gasteiger partial charge in [0.2, 0.25) is 0 Å². The third-order valence-corrected chi connectivity index (χ3v) is 3.70. The molecular formula is C15H24N4O. The fourth-order valence-corrected chi connectivity index (χ4v) is 2.24. The van der Waals surface area contributed by atoms with Crippen molar-refractivity contribution in [3.63, 3.8) is 0 Å². The highest BCUT2D eigenvalue weighted by molar-refractivity contribution is 5.83. The number of rotatable bonds is 6. The quantitative estimate of drug-likeness (QED) is 0.756. The van der Waals surface area contributed by atoms with Gasteiger partial charge in [-0.1, -0.05) is 0 Å². The van der Waals surface area contributed by atoms with Crippen molar-refractivity contribution in [1.29, 1.82) is 0 Å². The molecule has 1 aliphatic rings. The van der Waals surface area contributed by atoms with Gasteiger partial charge in [0.15, 0.2) is 5.78 Å². The molecule has 0 aromatic heterocycles. The Labute approximate surface area is 120 Å². The molecule has 0 atom stereocenters. The van der Waals surface area contributed by atoms with Crippen molar-refractivity contribution in [2.45, 2.75) is 6.42 Å². The molecule has 1 saturated heterocycles. The van der Waals surface area contributed by atoms with Gasteiger partial charge in [0, 0.05) is 50.5 Å². The van der Waals surface area contributed by atoms with E-state index in [-0.39, 0.29) is 5.78 Å². The SMILES string of the molecule is CN1CCN(CCC(=O)CNc2ccc(N)cc2)CC1. The van der Waals surface area contributed by atoms with E-state index in [0.29, 0.717) is 13.0 Å². The van der Waals surface area contributed by atoms with Crippen LogP contribution < -0.4 is 11.1 Å². The number of carbonyl (C=O) groups is 1. The maximum atomic E-state index is 11.9. The number of nitrogens with one attached hydrogen (secondary N) is 1. The minimum atomic E-state index is 0.251. The summed E-state index contributed by atoms with van der Waals surface area (Å²) in [6.07, 6.45) is 0.617. The smallest absolute Gasteiger partial charge is 0.153 e. The predicted molar refractivity (Wildman–Crippen MR) is 82.9 cm³/mol. The standard InChI is InChI=1S/C15H24N4O/c1-18-8-10-19(11-9-18)7-6-15(20)12-17-14-4-2-13(16)3-5-14/h2-5,17H,6-12,16H2,1H3. The summed E-state index contributed by atoms with van der Waals surface area (Å²) in [5.41, 5.74) is 7.29. The molecule has 0 unspecified atom stereocenters. The number of carbonyl (C=O) groups excluding carboxylic acids is 1. The Bertz CT molecular complexity index is 424. The van der Waals surface area contributed by atoms with Crippen molar-refractivity contribution in [1.82, 2.24) is 9.80 Å². The molecule has 1 aromatic carbocycles. The zero-order valence-corrected chi connectivity index (χ0v) is 12.1. The summed E-state index contributed by atoms with van der Waals surface area (Å²) >= 11 is 0. The number of anilines is 2. The van der Waals surface area contributed by atoms with Crippen molar-refractivity contribution >= 4 is 17.2 Å². The number of ketones is 1. The van der Waals surface area contributed by atoms with Crippen LogP contribution in [0.2, 0.25) is 0 Å². The number of likely N-dealkylation sites (N-methyl/N-ethyl adjacent to an activating group) is 1. The minimum absolute atomic E-state index is 0.251. The second-order valence-electron chi connectivity index (χ2n) is 5.41. The highest BCUT2D eigenvalue weighted by Gasteiger charge is 2.14. The third-order valence-electron chi connectivity index (χ3n) is 3.70. The van der Waals surface area contributed by atoms with E-state index in [2.05, 4.69) is 22.2 Å². The van der Waals surface area contributed by atoms with E-state index in [9.17, 15) is 4.79 Å². The molecule has 1 aromatic rings. The second-order valence-corrected chi connectivity index (χ2v) is 5.41. The number of nitrogen functional groups attached to an aromatic ring is 1. The van der Waals surface area contributed by atoms with Gasteiger partial charge in [-0.3, -0.25) is 4.79 Å². The normalized spacial score (nSPS) is 17.1. The minimum Gasteiger partial charge on any atom is -0.399 e. The molecule has 5 heteroatoms. The zero-order valence-electron chi connectivity index (χ0n) is 12.1. The van der Waals surface area contributed by atoms with Crippen LogP contribution in [0, 0.1) is 0 Å². The first kappa shape index (κ1) is 14.8. The molecule has 0 radical (unpaired) electrons. The van der Waals surface area contributed by atoms with Gasteiger partial charge >= 0.3 is 0 Å². The average molecular weight is 276 g/mol. The lowest BCUT2D eigenvalue weighted by molar-refractivity contribution is -0.117. The highest BCUT2D eigenvalue weighted by Crippen LogP contribution is 2.10. The van der Waals surface area contributed by atoms with Crippen LogP contribution in [0.4, 0.5) is 11.4 Å². The summed E-state index contributed by atoms with van der Waals surface area (Å²) in [4.78, 5) is 16.5. The molecule has 0 bridgehead atoms. The van der Waals surface area contributed by atoms with E-state index in [1.54, 1.807) is 0 Å². The first-order valence-electron chi connectivity index (χ1n) is 7.15. The van der Waals surface area contributed by atoms with Crippen molar-refractivity contribution in [2.24, 2.45) is 0 Å². The second kappa shape index (κ2) is 7.26. The van der Waals surface area contributed by atoms with Crippen LogP contribution in [-0.4, -0.2) is 61.9 Å². The highest BCUT2D eigenvalue weighted by atomic mass is 16.1. The predicted octanol–water partition coefficient (Wildman–Crippen LogP) is 0.887. The summed E-state index contributed by atoms with van der Waals surface area (Å²) in [5.74, 6) is 0.251. The lowest BCUT2D eigenvalue weighted by Crippen LogP contribution is -2.45. The molecule has 20 heavy (non-hydrogen) atoms. The van der Waals surface area contributed by atoms with Crippen LogP contribution in [0.5, 0.6) is 0 Å². The first-order valence-corrected chi connectivity index (χ1v) is 7.15. The molecular weight excluding hydrogens is 252 g/mol. The van der Waals surface area contributed by atoms with Crippen molar-refractivity contribution in [2.75, 3.05) is 57.4 Å². The topological polar surface area (TPSA) is 61.6 Å². The van der Waals surface area contributed by atoms with Gasteiger partial charge in [0.25, 0.3) is 0 Å². The van der Waals surface area contributed by atoms with E-state index < -0.39 is 0 Å². The van der Waals surface area contributed by atoms with Crippen LogP contribution in [0.25, 0.3) is 0 Å². The number of hydrogen-bond acceptors (Lipinski definition) is 5. The first-order chi connectivity index (χ1) is 9.63. The molecule has 0 saturated carbocycles. The number of benzene rings is 1. The Morgan fingerprint density at radius 2 is 1.85 bits per heavy atom. The van der Waals surface area contributed by atoms with Crippen molar-refractivity contribution in [3.8, 4) is 0 Å². The van der Waals surface area contributed by atoms with E-state index in [0.717, 1.165) is 44.1 Å². The van der Waals surface area contributed by atoms with Gasteiger partial charge in [0.1, 0.15) is 0 Å². The van der Waals surface area contributed by atoms with Gasteiger partial charge in [0.05, 0.1) is 6.54 Å². The number of Topliss-reactive ketones (excluding diaryl/α,β-unsaturated/α-hetero) is 1. The molecule has 110 valence electrons. The molecule has 1 heterocycles. The molecule has 0 aliphatic carbocycles. The van der Waals surface area contributed by atoms with Gasteiger partial charge in [-0.25, -0.2) is 0 Å². The summed E-state index contributed by atoms with van der Waals surface area (Å²) in [5, 5.41) is 3.13. The Balaban J connectivity index is 1.64. The fourth-order valence-electron chi connectivity index (χ4n) is 2.24. The summed E-state index contributed by atoms with van der Waals surface area (Å²) in [7, 11) is 2.14. The number of nitrogens with zero attached hydrogens (tertiary/aromatic N) is 2. The largest absolute Gasteiger partial charge is 0.399 e. The van der Waals surface area contributed by atoms with Crippen molar-refractivity contribution in [3.05, 3.63) is 24.3 Å². The van der Waals surface area contributed by atoms with Crippen LogP contribution in [-0.2, 0) is 4.79 Å². The van der Waals surface area contributed by atoms with E-state index in [4.69, 9.17) is 5.73 Å². The summed E-state index contributed by atoms with van der Waals surface area (Å²) in [6, 6.07) is 7.44. The molecule has 1 aliphatic heterocycles. The van der Waals surface area contributed by atoms with Crippen LogP contribution >= 0.6 is 0 Å². The Morgan fingerprint density at radius 1 is 1.20 bits per heavy atom. The van der Waals surface area contributed by atoms with Crippen molar-refractivity contribution < 1.29 is 4.79 Å².